The van der Waals surface area contributed by atoms with E-state index in [1.54, 1.807) is 6.20 Å². The predicted molar refractivity (Wildman–Crippen MR) is 101 cm³/mol. The molecule has 0 unspecified atom stereocenters. The van der Waals surface area contributed by atoms with E-state index < -0.39 is 23.1 Å². The summed E-state index contributed by atoms with van der Waals surface area (Å²) in [6, 6.07) is 7.88. The van der Waals surface area contributed by atoms with E-state index in [0.29, 0.717) is 15.4 Å². The molecule has 1 aromatic carbocycles. The Morgan fingerprint density at radius 3 is 2.86 bits per heavy atom. The van der Waals surface area contributed by atoms with E-state index in [1.807, 2.05) is 36.0 Å². The van der Waals surface area contributed by atoms with Gasteiger partial charge in [-0.1, -0.05) is 11.3 Å². The number of nitrogens with zero attached hydrogens (tertiary/aromatic N) is 3. The normalized spacial score (nSPS) is 11.1. The number of ether oxygens (including phenoxy) is 1. The summed E-state index contributed by atoms with van der Waals surface area (Å²) in [7, 11) is 1.94. The van der Waals surface area contributed by atoms with E-state index in [4.69, 9.17) is 10.5 Å². The first-order valence-corrected chi connectivity index (χ1v) is 9.03. The number of carbonyl (C=O) groups is 1. The molecule has 0 atom stereocenters. The first-order chi connectivity index (χ1) is 13.4. The number of pyridine rings is 1. The van der Waals surface area contributed by atoms with Crippen molar-refractivity contribution in [3.63, 3.8) is 0 Å². The van der Waals surface area contributed by atoms with Gasteiger partial charge in [0, 0.05) is 30.7 Å². The number of rotatable bonds is 5. The summed E-state index contributed by atoms with van der Waals surface area (Å²) in [6.45, 7) is -0.0543. The molecule has 4 aromatic rings. The second-order valence-electron chi connectivity index (χ2n) is 6.05. The molecule has 0 aliphatic rings. The Labute approximate surface area is 162 Å². The zero-order valence-electron chi connectivity index (χ0n) is 14.6. The van der Waals surface area contributed by atoms with Crippen molar-refractivity contribution in [3.05, 3.63) is 64.9 Å². The van der Waals surface area contributed by atoms with Gasteiger partial charge in [-0.15, -0.1) is 0 Å². The molecule has 2 N–H and O–H groups in total. The number of thiazole rings is 1. The number of carbonyl (C=O) groups excluding carboxylic acids is 1. The summed E-state index contributed by atoms with van der Waals surface area (Å²) in [5.41, 5.74) is 6.81. The Morgan fingerprint density at radius 2 is 2.14 bits per heavy atom. The molecule has 4 rings (SSSR count). The van der Waals surface area contributed by atoms with E-state index in [0.717, 1.165) is 23.4 Å². The SMILES string of the molecule is Cn1cccc1-c1cnc2sc(COc3ccc(F)c(C(N)=O)c3F)nc2c1. The lowest BCUT2D eigenvalue weighted by Gasteiger charge is -2.08. The molecule has 0 aliphatic carbocycles. The molecule has 3 heterocycles. The van der Waals surface area contributed by atoms with E-state index in [-0.39, 0.29) is 12.4 Å². The van der Waals surface area contributed by atoms with Gasteiger partial charge in [0.25, 0.3) is 5.91 Å². The molecule has 0 bridgehead atoms. The van der Waals surface area contributed by atoms with E-state index in [1.165, 1.54) is 11.3 Å². The summed E-state index contributed by atoms with van der Waals surface area (Å²) in [5.74, 6) is -3.63. The van der Waals surface area contributed by atoms with Gasteiger partial charge in [-0.2, -0.15) is 0 Å². The second kappa shape index (κ2) is 7.01. The standard InChI is InChI=1S/C19H14F2N4O2S/c1-25-6-2-3-13(25)10-7-12-19(23-8-10)28-15(24-12)9-27-14-5-4-11(20)16(17(14)21)18(22)26/h2-8H,9H2,1H3,(H2,22,26). The molecule has 1 amide bonds. The number of halogens is 2. The number of hydrogen-bond acceptors (Lipinski definition) is 5. The highest BCUT2D eigenvalue weighted by atomic mass is 32.1. The van der Waals surface area contributed by atoms with Crippen LogP contribution in [0.1, 0.15) is 15.4 Å². The molecule has 0 aliphatic heterocycles. The molecular weight excluding hydrogens is 386 g/mol. The lowest BCUT2D eigenvalue weighted by Crippen LogP contribution is -2.16. The average molecular weight is 400 g/mol. The van der Waals surface area contributed by atoms with Gasteiger partial charge in [-0.25, -0.2) is 18.7 Å². The Hall–Kier alpha value is -3.33. The fraction of sp³-hybridized carbons (Fsp3) is 0.105. The average Bonchev–Trinajstić information content (AvgIpc) is 3.25. The topological polar surface area (TPSA) is 83.0 Å². The van der Waals surface area contributed by atoms with Crippen LogP contribution in [0, 0.1) is 11.6 Å². The van der Waals surface area contributed by atoms with Gasteiger partial charge in [0.2, 0.25) is 0 Å². The highest BCUT2D eigenvalue weighted by Gasteiger charge is 2.19. The van der Waals surface area contributed by atoms with Crippen LogP contribution in [0.4, 0.5) is 8.78 Å². The van der Waals surface area contributed by atoms with Gasteiger partial charge in [0.15, 0.2) is 11.6 Å². The molecule has 3 aromatic heterocycles. The van der Waals surface area contributed by atoms with Crippen molar-refractivity contribution in [2.75, 3.05) is 0 Å². The van der Waals surface area contributed by atoms with Gasteiger partial charge in [0.1, 0.15) is 33.3 Å². The quantitative estimate of drug-likeness (QED) is 0.554. The van der Waals surface area contributed by atoms with E-state index in [2.05, 4.69) is 9.97 Å². The number of primary amides is 1. The Morgan fingerprint density at radius 1 is 1.32 bits per heavy atom. The van der Waals surface area contributed by atoms with E-state index in [9.17, 15) is 13.6 Å². The number of hydrogen-bond donors (Lipinski definition) is 1. The Kier molecular flexibility index (Phi) is 4.52. The number of aryl methyl sites for hydroxylation is 1. The summed E-state index contributed by atoms with van der Waals surface area (Å²) in [5, 5.41) is 0.566. The van der Waals surface area contributed by atoms with Crippen molar-refractivity contribution in [1.29, 1.82) is 0 Å². The van der Waals surface area contributed by atoms with Crippen molar-refractivity contribution in [2.24, 2.45) is 12.8 Å². The molecule has 142 valence electrons. The van der Waals surface area contributed by atoms with Crippen LogP contribution < -0.4 is 10.5 Å². The third kappa shape index (κ3) is 3.20. The van der Waals surface area contributed by atoms with Crippen LogP contribution in [0.25, 0.3) is 21.6 Å². The highest BCUT2D eigenvalue weighted by Crippen LogP contribution is 2.28. The van der Waals surface area contributed by atoms with Crippen molar-refractivity contribution in [2.45, 2.75) is 6.61 Å². The van der Waals surface area contributed by atoms with Crippen molar-refractivity contribution >= 4 is 27.6 Å². The zero-order valence-corrected chi connectivity index (χ0v) is 15.5. The monoisotopic (exact) mass is 400 g/mol. The fourth-order valence-electron chi connectivity index (χ4n) is 2.84. The fourth-order valence-corrected chi connectivity index (χ4v) is 3.64. The summed E-state index contributed by atoms with van der Waals surface area (Å²) in [4.78, 5) is 20.8. The molecule has 28 heavy (non-hydrogen) atoms. The van der Waals surface area contributed by atoms with Crippen LogP contribution in [-0.2, 0) is 13.7 Å². The number of fused-ring (bicyclic) bond motifs is 1. The first-order valence-electron chi connectivity index (χ1n) is 8.22. The maximum atomic E-state index is 14.2. The molecule has 0 radical (unpaired) electrons. The molecule has 0 saturated carbocycles. The van der Waals surface area contributed by atoms with Gasteiger partial charge >= 0.3 is 0 Å². The Bertz CT molecular complexity index is 1200. The van der Waals surface area contributed by atoms with Gasteiger partial charge in [0.05, 0.1) is 0 Å². The van der Waals surface area contributed by atoms with Crippen LogP contribution >= 0.6 is 11.3 Å². The third-order valence-electron chi connectivity index (χ3n) is 4.18. The predicted octanol–water partition coefficient (Wildman–Crippen LogP) is 3.65. The zero-order chi connectivity index (χ0) is 19.8. The second-order valence-corrected chi connectivity index (χ2v) is 7.11. The maximum Gasteiger partial charge on any atom is 0.254 e. The largest absolute Gasteiger partial charge is 0.483 e. The lowest BCUT2D eigenvalue weighted by molar-refractivity contribution is 0.0991. The highest BCUT2D eigenvalue weighted by molar-refractivity contribution is 7.18. The Balaban J connectivity index is 1.59. The summed E-state index contributed by atoms with van der Waals surface area (Å²) in [6.07, 6.45) is 3.71. The van der Waals surface area contributed by atoms with Gasteiger partial charge in [-0.05, 0) is 30.3 Å². The molecule has 0 spiro atoms. The molecule has 6 nitrogen and oxygen atoms in total. The van der Waals surface area contributed by atoms with Crippen molar-refractivity contribution in [3.8, 4) is 17.0 Å². The third-order valence-corrected chi connectivity index (χ3v) is 5.14. The minimum absolute atomic E-state index is 0.0543. The molecule has 0 saturated heterocycles. The lowest BCUT2D eigenvalue weighted by atomic mass is 10.2. The minimum atomic E-state index is -1.20. The maximum absolute atomic E-state index is 14.2. The first kappa shape index (κ1) is 18.1. The van der Waals surface area contributed by atoms with Crippen LogP contribution in [-0.4, -0.2) is 20.4 Å². The van der Waals surface area contributed by atoms with Crippen molar-refractivity contribution < 1.29 is 18.3 Å². The minimum Gasteiger partial charge on any atom is -0.483 e. The van der Waals surface area contributed by atoms with Crippen molar-refractivity contribution in [1.82, 2.24) is 14.5 Å². The molecule has 9 heteroatoms. The number of aromatic nitrogens is 3. The van der Waals surface area contributed by atoms with Crippen LogP contribution in [0.5, 0.6) is 5.75 Å². The van der Waals surface area contributed by atoms with Crippen LogP contribution in [0.15, 0.2) is 42.7 Å². The van der Waals surface area contributed by atoms with Crippen LogP contribution in [0.3, 0.4) is 0 Å². The van der Waals surface area contributed by atoms with E-state index >= 15 is 0 Å². The molecule has 0 fully saturated rings. The number of nitrogens with two attached hydrogens (primary N) is 1. The number of amides is 1. The molecular formula is C19H14F2N4O2S. The number of benzene rings is 1. The smallest absolute Gasteiger partial charge is 0.254 e. The summed E-state index contributed by atoms with van der Waals surface area (Å²) >= 11 is 1.30. The van der Waals surface area contributed by atoms with Crippen LogP contribution in [0.2, 0.25) is 0 Å². The summed E-state index contributed by atoms with van der Waals surface area (Å²) < 4.78 is 35.2. The van der Waals surface area contributed by atoms with Gasteiger partial charge < -0.3 is 15.0 Å². The van der Waals surface area contributed by atoms with Gasteiger partial charge in [-0.3, -0.25) is 4.79 Å².